The van der Waals surface area contributed by atoms with Gasteiger partial charge in [-0.25, -0.2) is 0 Å². The molecule has 3 N–H and O–H groups in total. The molecule has 19 heavy (non-hydrogen) atoms. The van der Waals surface area contributed by atoms with Gasteiger partial charge in [0.25, 0.3) is 5.91 Å². The first-order valence-corrected chi connectivity index (χ1v) is 6.31. The first-order chi connectivity index (χ1) is 9.13. The average Bonchev–Trinajstić information content (AvgIpc) is 2.36. The minimum absolute atomic E-state index is 0.0903. The third-order valence-electron chi connectivity index (χ3n) is 2.22. The van der Waals surface area contributed by atoms with Crippen LogP contribution in [0.1, 0.15) is 0 Å². The van der Waals surface area contributed by atoms with Crippen molar-refractivity contribution in [2.24, 2.45) is 0 Å². The first-order valence-electron chi connectivity index (χ1n) is 5.52. The molecule has 0 spiro atoms. The molecule has 0 bridgehead atoms. The standard InChI is InChI=1S/C13H12BrN3O2/c14-9-4-12(7-16-6-9)19-8-13(18)17-11-3-1-2-10(15)5-11/h1-7H,8,15H2,(H,17,18). The monoisotopic (exact) mass is 321 g/mol. The van der Waals surface area contributed by atoms with Gasteiger partial charge in [0.05, 0.1) is 6.20 Å². The summed E-state index contributed by atoms with van der Waals surface area (Å²) in [5.74, 6) is 0.266. The van der Waals surface area contributed by atoms with E-state index in [0.29, 0.717) is 17.1 Å². The Morgan fingerprint density at radius 2 is 2.21 bits per heavy atom. The van der Waals surface area contributed by atoms with E-state index in [-0.39, 0.29) is 12.5 Å². The van der Waals surface area contributed by atoms with Gasteiger partial charge in [-0.2, -0.15) is 0 Å². The molecule has 0 saturated carbocycles. The second-order valence-electron chi connectivity index (χ2n) is 3.80. The summed E-state index contributed by atoms with van der Waals surface area (Å²) in [7, 11) is 0. The van der Waals surface area contributed by atoms with Gasteiger partial charge in [0.1, 0.15) is 5.75 Å². The fourth-order valence-corrected chi connectivity index (χ4v) is 1.78. The van der Waals surface area contributed by atoms with E-state index in [4.69, 9.17) is 10.5 Å². The van der Waals surface area contributed by atoms with E-state index in [2.05, 4.69) is 26.2 Å². The van der Waals surface area contributed by atoms with Crippen LogP contribution in [0.3, 0.4) is 0 Å². The maximum absolute atomic E-state index is 11.7. The molecule has 0 unspecified atom stereocenters. The van der Waals surface area contributed by atoms with Crippen LogP contribution in [-0.4, -0.2) is 17.5 Å². The van der Waals surface area contributed by atoms with Crippen molar-refractivity contribution in [3.05, 3.63) is 47.2 Å². The smallest absolute Gasteiger partial charge is 0.262 e. The largest absolute Gasteiger partial charge is 0.482 e. The third kappa shape index (κ3) is 4.26. The van der Waals surface area contributed by atoms with Crippen molar-refractivity contribution in [2.75, 3.05) is 17.7 Å². The summed E-state index contributed by atoms with van der Waals surface area (Å²) >= 11 is 3.27. The number of rotatable bonds is 4. The summed E-state index contributed by atoms with van der Waals surface area (Å²) in [5.41, 5.74) is 6.85. The van der Waals surface area contributed by atoms with Crippen molar-refractivity contribution in [1.29, 1.82) is 0 Å². The number of halogens is 1. The number of hydrogen-bond acceptors (Lipinski definition) is 4. The number of hydrogen-bond donors (Lipinski definition) is 2. The maximum Gasteiger partial charge on any atom is 0.262 e. The van der Waals surface area contributed by atoms with E-state index >= 15 is 0 Å². The van der Waals surface area contributed by atoms with E-state index in [1.807, 2.05) is 0 Å². The molecule has 0 aliphatic carbocycles. The van der Waals surface area contributed by atoms with Crippen LogP contribution in [0.25, 0.3) is 0 Å². The van der Waals surface area contributed by atoms with E-state index < -0.39 is 0 Å². The molecule has 5 nitrogen and oxygen atoms in total. The molecule has 0 saturated heterocycles. The highest BCUT2D eigenvalue weighted by molar-refractivity contribution is 9.10. The number of amides is 1. The van der Waals surface area contributed by atoms with Crippen LogP contribution in [0.5, 0.6) is 5.75 Å². The van der Waals surface area contributed by atoms with Crippen molar-refractivity contribution >= 4 is 33.2 Å². The topological polar surface area (TPSA) is 77.2 Å². The molecule has 1 aromatic carbocycles. The second-order valence-corrected chi connectivity index (χ2v) is 4.72. The Bertz CT molecular complexity index is 590. The SMILES string of the molecule is Nc1cccc(NC(=O)COc2cncc(Br)c2)c1. The molecule has 0 aliphatic rings. The Kier molecular flexibility index (Phi) is 4.35. The third-order valence-corrected chi connectivity index (χ3v) is 2.65. The highest BCUT2D eigenvalue weighted by Gasteiger charge is 2.04. The molecule has 1 amide bonds. The number of nitrogens with zero attached hydrogens (tertiary/aromatic N) is 1. The zero-order chi connectivity index (χ0) is 13.7. The van der Waals surface area contributed by atoms with Gasteiger partial charge in [-0.1, -0.05) is 6.07 Å². The zero-order valence-electron chi connectivity index (χ0n) is 9.97. The van der Waals surface area contributed by atoms with Crippen molar-refractivity contribution in [2.45, 2.75) is 0 Å². The number of nitrogen functional groups attached to an aromatic ring is 1. The molecule has 2 rings (SSSR count). The van der Waals surface area contributed by atoms with Gasteiger partial charge in [-0.15, -0.1) is 0 Å². The molecule has 0 aliphatic heterocycles. The van der Waals surface area contributed by atoms with Crippen LogP contribution in [0, 0.1) is 0 Å². The molecule has 2 aromatic rings. The summed E-state index contributed by atoms with van der Waals surface area (Å²) in [4.78, 5) is 15.6. The summed E-state index contributed by atoms with van der Waals surface area (Å²) in [6.07, 6.45) is 3.18. The lowest BCUT2D eigenvalue weighted by Gasteiger charge is -2.07. The van der Waals surface area contributed by atoms with Crippen molar-refractivity contribution in [3.63, 3.8) is 0 Å². The number of carbonyl (C=O) groups excluding carboxylic acids is 1. The van der Waals surface area contributed by atoms with Crippen LogP contribution >= 0.6 is 15.9 Å². The highest BCUT2D eigenvalue weighted by Crippen LogP contribution is 2.16. The number of aromatic nitrogens is 1. The minimum Gasteiger partial charge on any atom is -0.482 e. The molecule has 0 atom stereocenters. The number of nitrogens with two attached hydrogens (primary N) is 1. The van der Waals surface area contributed by atoms with Crippen LogP contribution in [-0.2, 0) is 4.79 Å². The van der Waals surface area contributed by atoms with Gasteiger partial charge in [-0.05, 0) is 40.2 Å². The number of nitrogens with one attached hydrogen (secondary N) is 1. The Morgan fingerprint density at radius 1 is 1.37 bits per heavy atom. The lowest BCUT2D eigenvalue weighted by atomic mass is 10.3. The number of anilines is 2. The van der Waals surface area contributed by atoms with Crippen LogP contribution < -0.4 is 15.8 Å². The average molecular weight is 322 g/mol. The molecular weight excluding hydrogens is 310 g/mol. The molecule has 1 heterocycles. The summed E-state index contributed by atoms with van der Waals surface area (Å²) in [6.45, 7) is -0.0903. The quantitative estimate of drug-likeness (QED) is 0.848. The normalized spacial score (nSPS) is 9.95. The zero-order valence-corrected chi connectivity index (χ0v) is 11.6. The maximum atomic E-state index is 11.7. The Hall–Kier alpha value is -2.08. The van der Waals surface area contributed by atoms with Gasteiger partial charge in [0, 0.05) is 22.0 Å². The number of carbonyl (C=O) groups is 1. The first kappa shape index (κ1) is 13.4. The van der Waals surface area contributed by atoms with E-state index in [1.54, 1.807) is 42.7 Å². The summed E-state index contributed by atoms with van der Waals surface area (Å²) in [6, 6.07) is 8.69. The lowest BCUT2D eigenvalue weighted by molar-refractivity contribution is -0.118. The molecule has 1 aromatic heterocycles. The number of ether oxygens (including phenoxy) is 1. The molecular formula is C13H12BrN3O2. The van der Waals surface area contributed by atoms with Gasteiger partial charge >= 0.3 is 0 Å². The minimum atomic E-state index is -0.259. The van der Waals surface area contributed by atoms with E-state index in [9.17, 15) is 4.79 Å². The number of benzene rings is 1. The highest BCUT2D eigenvalue weighted by atomic mass is 79.9. The van der Waals surface area contributed by atoms with Crippen LogP contribution in [0.15, 0.2) is 47.2 Å². The molecule has 98 valence electrons. The Labute approximate surface area is 118 Å². The predicted molar refractivity (Wildman–Crippen MR) is 76.9 cm³/mol. The fraction of sp³-hybridized carbons (Fsp3) is 0.0769. The Morgan fingerprint density at radius 3 is 2.95 bits per heavy atom. The summed E-state index contributed by atoms with van der Waals surface area (Å²) in [5, 5.41) is 2.69. The number of pyridine rings is 1. The van der Waals surface area contributed by atoms with E-state index in [0.717, 1.165) is 4.47 Å². The predicted octanol–water partition coefficient (Wildman–Crippen LogP) is 2.44. The van der Waals surface area contributed by atoms with Crippen LogP contribution in [0.2, 0.25) is 0 Å². The van der Waals surface area contributed by atoms with Crippen molar-refractivity contribution < 1.29 is 9.53 Å². The Balaban J connectivity index is 1.88. The molecule has 6 heteroatoms. The van der Waals surface area contributed by atoms with Gasteiger partial charge in [-0.3, -0.25) is 9.78 Å². The second kappa shape index (κ2) is 6.19. The van der Waals surface area contributed by atoms with Crippen LogP contribution in [0.4, 0.5) is 11.4 Å². The van der Waals surface area contributed by atoms with Gasteiger partial charge < -0.3 is 15.8 Å². The molecule has 0 radical (unpaired) electrons. The summed E-state index contributed by atoms with van der Waals surface area (Å²) < 4.78 is 6.11. The molecule has 0 fully saturated rings. The fourth-order valence-electron chi connectivity index (χ4n) is 1.43. The van der Waals surface area contributed by atoms with E-state index in [1.165, 1.54) is 0 Å². The van der Waals surface area contributed by atoms with Crippen molar-refractivity contribution in [1.82, 2.24) is 4.98 Å². The van der Waals surface area contributed by atoms with Gasteiger partial charge in [0.2, 0.25) is 0 Å². The van der Waals surface area contributed by atoms with Crippen molar-refractivity contribution in [3.8, 4) is 5.75 Å². The lowest BCUT2D eigenvalue weighted by Crippen LogP contribution is -2.20. The van der Waals surface area contributed by atoms with Gasteiger partial charge in [0.15, 0.2) is 6.61 Å².